The van der Waals surface area contributed by atoms with Crippen LogP contribution in [0, 0.1) is 5.41 Å². The average Bonchev–Trinajstić information content (AvgIpc) is 2.36. The Bertz CT molecular complexity index is 448. The molecular formula is C15H18F6. The molecule has 1 rings (SSSR count). The third-order valence-corrected chi connectivity index (χ3v) is 3.99. The van der Waals surface area contributed by atoms with Crippen LogP contribution in [-0.2, 0) is 18.8 Å². The first-order chi connectivity index (χ1) is 9.41. The summed E-state index contributed by atoms with van der Waals surface area (Å²) >= 11 is 0. The third-order valence-electron chi connectivity index (χ3n) is 3.99. The quantitative estimate of drug-likeness (QED) is 0.590. The first-order valence-electron chi connectivity index (χ1n) is 6.69. The summed E-state index contributed by atoms with van der Waals surface area (Å²) < 4.78 is 76.6. The van der Waals surface area contributed by atoms with Crippen LogP contribution in [0.15, 0.2) is 18.2 Å². The van der Waals surface area contributed by atoms with Crippen molar-refractivity contribution in [2.24, 2.45) is 5.41 Å². The van der Waals surface area contributed by atoms with E-state index in [1.54, 1.807) is 0 Å². The number of benzene rings is 1. The minimum atomic E-state index is -4.79. The predicted molar refractivity (Wildman–Crippen MR) is 68.8 cm³/mol. The van der Waals surface area contributed by atoms with E-state index in [1.165, 1.54) is 0 Å². The predicted octanol–water partition coefficient (Wildman–Crippen LogP) is 6.09. The molecule has 0 bridgehead atoms. The standard InChI is InChI=1S/C15H18F6/c1-4-13(3,5-2)9-10-6-11(14(16,17)18)8-12(7-10)15(19,20)21/h6-8H,4-5,9H2,1-3H3. The van der Waals surface area contributed by atoms with Crippen molar-refractivity contribution in [3.63, 3.8) is 0 Å². The second kappa shape index (κ2) is 5.89. The largest absolute Gasteiger partial charge is 0.416 e. The zero-order chi connectivity index (χ0) is 16.5. The van der Waals surface area contributed by atoms with Crippen molar-refractivity contribution in [3.8, 4) is 0 Å². The van der Waals surface area contributed by atoms with Crippen molar-refractivity contribution in [1.82, 2.24) is 0 Å². The number of alkyl halides is 6. The lowest BCUT2D eigenvalue weighted by Gasteiger charge is -2.27. The molecular weight excluding hydrogens is 294 g/mol. The highest BCUT2D eigenvalue weighted by molar-refractivity contribution is 5.34. The number of halogens is 6. The molecule has 0 heterocycles. The van der Waals surface area contributed by atoms with Crippen molar-refractivity contribution >= 4 is 0 Å². The van der Waals surface area contributed by atoms with E-state index in [0.717, 1.165) is 12.1 Å². The summed E-state index contributed by atoms with van der Waals surface area (Å²) in [6.07, 6.45) is -8.02. The van der Waals surface area contributed by atoms with Gasteiger partial charge >= 0.3 is 12.4 Å². The smallest absolute Gasteiger partial charge is 0.166 e. The lowest BCUT2D eigenvalue weighted by molar-refractivity contribution is -0.143. The van der Waals surface area contributed by atoms with Crippen LogP contribution in [0.2, 0.25) is 0 Å². The van der Waals surface area contributed by atoms with E-state index in [0.29, 0.717) is 12.8 Å². The van der Waals surface area contributed by atoms with Crippen molar-refractivity contribution in [1.29, 1.82) is 0 Å². The Balaban J connectivity index is 3.33. The molecule has 0 saturated heterocycles. The lowest BCUT2D eigenvalue weighted by Crippen LogP contribution is -2.19. The highest BCUT2D eigenvalue weighted by atomic mass is 19.4. The van der Waals surface area contributed by atoms with Gasteiger partial charge in [-0.25, -0.2) is 0 Å². The van der Waals surface area contributed by atoms with Gasteiger partial charge in [-0.2, -0.15) is 26.3 Å². The van der Waals surface area contributed by atoms with Crippen LogP contribution in [0.25, 0.3) is 0 Å². The normalized spacial score (nSPS) is 13.6. The molecule has 1 aromatic carbocycles. The molecule has 0 radical (unpaired) electrons. The van der Waals surface area contributed by atoms with Gasteiger partial charge in [-0.05, 0) is 35.6 Å². The van der Waals surface area contributed by atoms with Gasteiger partial charge in [-0.15, -0.1) is 0 Å². The lowest BCUT2D eigenvalue weighted by atomic mass is 9.78. The van der Waals surface area contributed by atoms with E-state index >= 15 is 0 Å². The van der Waals surface area contributed by atoms with Gasteiger partial charge in [-0.3, -0.25) is 0 Å². The van der Waals surface area contributed by atoms with E-state index in [4.69, 9.17) is 0 Å². The fourth-order valence-electron chi connectivity index (χ4n) is 2.11. The highest BCUT2D eigenvalue weighted by Gasteiger charge is 2.37. The van der Waals surface area contributed by atoms with Crippen LogP contribution >= 0.6 is 0 Å². The van der Waals surface area contributed by atoms with Crippen molar-refractivity contribution in [2.75, 3.05) is 0 Å². The van der Waals surface area contributed by atoms with Crippen LogP contribution in [0.1, 0.15) is 50.3 Å². The average molecular weight is 312 g/mol. The molecule has 0 nitrogen and oxygen atoms in total. The van der Waals surface area contributed by atoms with Gasteiger partial charge in [0.1, 0.15) is 0 Å². The van der Waals surface area contributed by atoms with E-state index in [-0.39, 0.29) is 23.5 Å². The fourth-order valence-corrected chi connectivity index (χ4v) is 2.11. The minimum absolute atomic E-state index is 0.0725. The molecule has 0 atom stereocenters. The summed E-state index contributed by atoms with van der Waals surface area (Å²) in [5.74, 6) is 0. The topological polar surface area (TPSA) is 0 Å². The van der Waals surface area contributed by atoms with Gasteiger partial charge in [-0.1, -0.05) is 33.6 Å². The Morgan fingerprint density at radius 3 is 1.43 bits per heavy atom. The molecule has 0 amide bonds. The van der Waals surface area contributed by atoms with Crippen molar-refractivity contribution in [2.45, 2.75) is 52.4 Å². The van der Waals surface area contributed by atoms with Gasteiger partial charge in [0.2, 0.25) is 0 Å². The second-order valence-corrected chi connectivity index (χ2v) is 5.61. The van der Waals surface area contributed by atoms with Crippen LogP contribution in [0.5, 0.6) is 0 Å². The Morgan fingerprint density at radius 2 is 1.14 bits per heavy atom. The van der Waals surface area contributed by atoms with Gasteiger partial charge in [0.25, 0.3) is 0 Å². The summed E-state index contributed by atoms with van der Waals surface area (Å²) in [6.45, 7) is 5.62. The monoisotopic (exact) mass is 312 g/mol. The maximum Gasteiger partial charge on any atom is 0.416 e. The summed E-state index contributed by atoms with van der Waals surface area (Å²) in [4.78, 5) is 0. The molecule has 21 heavy (non-hydrogen) atoms. The fraction of sp³-hybridized carbons (Fsp3) is 0.600. The highest BCUT2D eigenvalue weighted by Crippen LogP contribution is 2.38. The molecule has 0 fully saturated rings. The van der Waals surface area contributed by atoms with Crippen molar-refractivity contribution < 1.29 is 26.3 Å². The Morgan fingerprint density at radius 1 is 0.762 bits per heavy atom. The van der Waals surface area contributed by atoms with Gasteiger partial charge < -0.3 is 0 Å². The maximum absolute atomic E-state index is 12.8. The molecule has 0 aromatic heterocycles. The second-order valence-electron chi connectivity index (χ2n) is 5.61. The van der Waals surface area contributed by atoms with Gasteiger partial charge in [0, 0.05) is 0 Å². The summed E-state index contributed by atoms with van der Waals surface area (Å²) in [5.41, 5.74) is -2.74. The van der Waals surface area contributed by atoms with Crippen molar-refractivity contribution in [3.05, 3.63) is 34.9 Å². The first-order valence-corrected chi connectivity index (χ1v) is 6.69. The Hall–Kier alpha value is -1.20. The zero-order valence-electron chi connectivity index (χ0n) is 12.1. The third kappa shape index (κ3) is 4.64. The van der Waals surface area contributed by atoms with E-state index in [9.17, 15) is 26.3 Å². The van der Waals surface area contributed by atoms with Gasteiger partial charge in [0.15, 0.2) is 0 Å². The number of hydrogen-bond acceptors (Lipinski definition) is 0. The molecule has 0 aliphatic heterocycles. The maximum atomic E-state index is 12.8. The van der Waals surface area contributed by atoms with E-state index in [1.807, 2.05) is 20.8 Å². The molecule has 0 unspecified atom stereocenters. The Kier molecular flexibility index (Phi) is 5.01. The summed E-state index contributed by atoms with van der Waals surface area (Å²) in [5, 5.41) is 0. The van der Waals surface area contributed by atoms with Crippen LogP contribution in [0.4, 0.5) is 26.3 Å². The van der Waals surface area contributed by atoms with E-state index < -0.39 is 23.5 Å². The van der Waals surface area contributed by atoms with Crippen LogP contribution < -0.4 is 0 Å². The molecule has 0 aliphatic rings. The zero-order valence-corrected chi connectivity index (χ0v) is 12.1. The van der Waals surface area contributed by atoms with E-state index in [2.05, 4.69) is 0 Å². The van der Waals surface area contributed by atoms with Gasteiger partial charge in [0.05, 0.1) is 11.1 Å². The molecule has 0 spiro atoms. The number of rotatable bonds is 4. The molecule has 0 N–H and O–H groups in total. The van der Waals surface area contributed by atoms with Crippen LogP contribution in [-0.4, -0.2) is 0 Å². The first kappa shape index (κ1) is 17.9. The molecule has 120 valence electrons. The minimum Gasteiger partial charge on any atom is -0.166 e. The molecule has 0 aliphatic carbocycles. The summed E-state index contributed by atoms with van der Waals surface area (Å²) in [7, 11) is 0. The SMILES string of the molecule is CCC(C)(CC)Cc1cc(C(F)(F)F)cc(C(F)(F)F)c1. The summed E-state index contributed by atoms with van der Waals surface area (Å²) in [6, 6.07) is 1.80. The molecule has 1 aromatic rings. The Labute approximate surface area is 120 Å². The molecule has 6 heteroatoms. The van der Waals surface area contributed by atoms with Crippen LogP contribution in [0.3, 0.4) is 0 Å². The number of hydrogen-bond donors (Lipinski definition) is 0. The molecule has 0 saturated carbocycles.